The molecule has 0 aromatic carbocycles. The normalized spacial score (nSPS) is 21.7. The first-order valence-electron chi connectivity index (χ1n) is 5.66. The number of nitrogens with zero attached hydrogens (tertiary/aromatic N) is 1. The fourth-order valence-electron chi connectivity index (χ4n) is 1.79. The number of hydrogen-bond donors (Lipinski definition) is 2. The Morgan fingerprint density at radius 3 is 2.50 bits per heavy atom. The van der Waals surface area contributed by atoms with Gasteiger partial charge in [-0.1, -0.05) is 0 Å². The molecule has 5 heteroatoms. The number of primary amides is 1. The van der Waals surface area contributed by atoms with E-state index in [-0.39, 0.29) is 23.4 Å². The van der Waals surface area contributed by atoms with E-state index in [4.69, 9.17) is 5.73 Å². The molecule has 1 rings (SSSR count). The van der Waals surface area contributed by atoms with Crippen LogP contribution in [0.15, 0.2) is 0 Å². The largest absolute Gasteiger partial charge is 0.369 e. The van der Waals surface area contributed by atoms with Crippen molar-refractivity contribution in [2.45, 2.75) is 39.2 Å². The minimum Gasteiger partial charge on any atom is -0.369 e. The Hall–Kier alpha value is -1.26. The third kappa shape index (κ3) is 3.72. The number of carbonyl (C=O) groups is 2. The van der Waals surface area contributed by atoms with Crippen LogP contribution in [0.25, 0.3) is 0 Å². The number of rotatable bonds is 1. The van der Waals surface area contributed by atoms with Crippen LogP contribution in [-0.4, -0.2) is 35.5 Å². The zero-order valence-corrected chi connectivity index (χ0v) is 10.2. The third-order valence-electron chi connectivity index (χ3n) is 2.59. The average molecular weight is 227 g/mol. The lowest BCUT2D eigenvalue weighted by Crippen LogP contribution is -2.52. The molecule has 3 N–H and O–H groups in total. The van der Waals surface area contributed by atoms with Gasteiger partial charge in [0.1, 0.15) is 0 Å². The Kier molecular flexibility index (Phi) is 3.78. The van der Waals surface area contributed by atoms with Crippen molar-refractivity contribution in [2.75, 3.05) is 13.1 Å². The molecule has 92 valence electrons. The summed E-state index contributed by atoms with van der Waals surface area (Å²) in [6.07, 6.45) is 1.62. The van der Waals surface area contributed by atoms with Gasteiger partial charge in [-0.05, 0) is 33.6 Å². The minimum absolute atomic E-state index is 0.113. The second-order valence-electron chi connectivity index (χ2n) is 5.37. The zero-order chi connectivity index (χ0) is 12.3. The summed E-state index contributed by atoms with van der Waals surface area (Å²) in [5, 5.41) is 2.88. The quantitative estimate of drug-likeness (QED) is 0.691. The zero-order valence-electron chi connectivity index (χ0n) is 10.2. The summed E-state index contributed by atoms with van der Waals surface area (Å²) >= 11 is 0. The number of nitrogens with two attached hydrogens (primary N) is 1. The molecule has 0 saturated carbocycles. The summed E-state index contributed by atoms with van der Waals surface area (Å²) < 4.78 is 0. The molecular formula is C11H21N3O2. The highest BCUT2D eigenvalue weighted by Gasteiger charge is 2.28. The maximum Gasteiger partial charge on any atom is 0.317 e. The van der Waals surface area contributed by atoms with Crippen molar-refractivity contribution in [3.8, 4) is 0 Å². The summed E-state index contributed by atoms with van der Waals surface area (Å²) in [7, 11) is 0. The van der Waals surface area contributed by atoms with Gasteiger partial charge in [0.15, 0.2) is 0 Å². The van der Waals surface area contributed by atoms with Gasteiger partial charge in [0.05, 0.1) is 5.92 Å². The van der Waals surface area contributed by atoms with Gasteiger partial charge in [-0.15, -0.1) is 0 Å². The molecular weight excluding hydrogens is 206 g/mol. The highest BCUT2D eigenvalue weighted by atomic mass is 16.2. The SMILES string of the molecule is CC(C)(C)NC(=O)N1CCCC(C(N)=O)C1. The van der Waals surface area contributed by atoms with Crippen molar-refractivity contribution in [3.05, 3.63) is 0 Å². The van der Waals surface area contributed by atoms with Crippen LogP contribution in [0.1, 0.15) is 33.6 Å². The lowest BCUT2D eigenvalue weighted by Gasteiger charge is -2.33. The molecule has 0 radical (unpaired) electrons. The van der Waals surface area contributed by atoms with Crippen LogP contribution in [0.3, 0.4) is 0 Å². The molecule has 1 unspecified atom stereocenters. The Morgan fingerprint density at radius 2 is 2.00 bits per heavy atom. The van der Waals surface area contributed by atoms with Crippen LogP contribution < -0.4 is 11.1 Å². The molecule has 16 heavy (non-hydrogen) atoms. The molecule has 3 amide bonds. The van der Waals surface area contributed by atoms with E-state index in [0.29, 0.717) is 13.1 Å². The molecule has 1 aliphatic rings. The number of likely N-dealkylation sites (tertiary alicyclic amines) is 1. The first kappa shape index (κ1) is 12.8. The molecule has 0 bridgehead atoms. The second kappa shape index (κ2) is 4.72. The summed E-state index contributed by atoms with van der Waals surface area (Å²) in [6.45, 7) is 6.93. The lowest BCUT2D eigenvalue weighted by molar-refractivity contribution is -0.123. The molecule has 1 fully saturated rings. The van der Waals surface area contributed by atoms with Gasteiger partial charge in [-0.3, -0.25) is 4.79 Å². The standard InChI is InChI=1S/C11H21N3O2/c1-11(2,3)13-10(16)14-6-4-5-8(7-14)9(12)15/h8H,4-7H2,1-3H3,(H2,12,15)(H,13,16). The minimum atomic E-state index is -0.312. The highest BCUT2D eigenvalue weighted by Crippen LogP contribution is 2.16. The average Bonchev–Trinajstić information content (AvgIpc) is 2.15. The maximum absolute atomic E-state index is 11.8. The number of carbonyl (C=O) groups excluding carboxylic acids is 2. The Labute approximate surface area is 96.4 Å². The first-order valence-corrected chi connectivity index (χ1v) is 5.66. The summed E-state index contributed by atoms with van der Waals surface area (Å²) in [4.78, 5) is 24.6. The number of nitrogens with one attached hydrogen (secondary N) is 1. The van der Waals surface area contributed by atoms with Gasteiger partial charge in [0, 0.05) is 18.6 Å². The van der Waals surface area contributed by atoms with Crippen LogP contribution in [0, 0.1) is 5.92 Å². The molecule has 0 aromatic rings. The van der Waals surface area contributed by atoms with Crippen LogP contribution in [0.2, 0.25) is 0 Å². The van der Waals surface area contributed by atoms with E-state index in [1.54, 1.807) is 4.90 Å². The van der Waals surface area contributed by atoms with E-state index >= 15 is 0 Å². The fourth-order valence-corrected chi connectivity index (χ4v) is 1.79. The monoisotopic (exact) mass is 227 g/mol. The summed E-state index contributed by atoms with van der Waals surface area (Å²) in [5.74, 6) is -0.507. The van der Waals surface area contributed by atoms with Crippen molar-refractivity contribution in [3.63, 3.8) is 0 Å². The summed E-state index contributed by atoms with van der Waals surface area (Å²) in [6, 6.07) is -0.113. The Bertz CT molecular complexity index is 283. The fraction of sp³-hybridized carbons (Fsp3) is 0.818. The third-order valence-corrected chi connectivity index (χ3v) is 2.59. The van der Waals surface area contributed by atoms with Crippen molar-refractivity contribution < 1.29 is 9.59 Å². The molecule has 0 spiro atoms. The molecule has 1 saturated heterocycles. The summed E-state index contributed by atoms with van der Waals surface area (Å²) in [5.41, 5.74) is 5.01. The lowest BCUT2D eigenvalue weighted by atomic mass is 9.98. The van der Waals surface area contributed by atoms with Crippen molar-refractivity contribution in [1.29, 1.82) is 0 Å². The molecule has 0 aliphatic carbocycles. The van der Waals surface area contributed by atoms with Gasteiger partial charge in [-0.2, -0.15) is 0 Å². The number of amides is 3. The number of urea groups is 1. The van der Waals surface area contributed by atoms with Crippen molar-refractivity contribution in [2.24, 2.45) is 11.7 Å². The number of piperidine rings is 1. The molecule has 1 heterocycles. The van der Waals surface area contributed by atoms with Gasteiger partial charge in [0.2, 0.25) is 5.91 Å². The van der Waals surface area contributed by atoms with E-state index in [9.17, 15) is 9.59 Å². The van der Waals surface area contributed by atoms with Gasteiger partial charge in [0.25, 0.3) is 0 Å². The maximum atomic E-state index is 11.8. The number of hydrogen-bond acceptors (Lipinski definition) is 2. The van der Waals surface area contributed by atoms with Crippen molar-refractivity contribution in [1.82, 2.24) is 10.2 Å². The topological polar surface area (TPSA) is 75.4 Å². The predicted octanol–water partition coefficient (Wildman–Crippen LogP) is 0.692. The van der Waals surface area contributed by atoms with Crippen LogP contribution in [-0.2, 0) is 4.79 Å². The highest BCUT2D eigenvalue weighted by molar-refractivity contribution is 5.79. The van der Waals surface area contributed by atoms with Gasteiger partial charge in [-0.25, -0.2) is 4.79 Å². The van der Waals surface area contributed by atoms with E-state index in [1.165, 1.54) is 0 Å². The molecule has 5 nitrogen and oxygen atoms in total. The molecule has 1 aliphatic heterocycles. The van der Waals surface area contributed by atoms with E-state index < -0.39 is 0 Å². The Balaban J connectivity index is 2.54. The van der Waals surface area contributed by atoms with Crippen LogP contribution in [0.5, 0.6) is 0 Å². The van der Waals surface area contributed by atoms with E-state index in [2.05, 4.69) is 5.32 Å². The van der Waals surface area contributed by atoms with E-state index in [0.717, 1.165) is 12.8 Å². The molecule has 0 aromatic heterocycles. The molecule has 1 atom stereocenters. The predicted molar refractivity (Wildman–Crippen MR) is 61.8 cm³/mol. The van der Waals surface area contributed by atoms with Crippen molar-refractivity contribution >= 4 is 11.9 Å². The Morgan fingerprint density at radius 1 is 1.38 bits per heavy atom. The van der Waals surface area contributed by atoms with Crippen LogP contribution in [0.4, 0.5) is 4.79 Å². The van der Waals surface area contributed by atoms with Gasteiger partial charge >= 0.3 is 6.03 Å². The first-order chi connectivity index (χ1) is 7.29. The second-order valence-corrected chi connectivity index (χ2v) is 5.37. The smallest absolute Gasteiger partial charge is 0.317 e. The van der Waals surface area contributed by atoms with E-state index in [1.807, 2.05) is 20.8 Å². The van der Waals surface area contributed by atoms with Gasteiger partial charge < -0.3 is 16.0 Å². The van der Waals surface area contributed by atoms with Crippen LogP contribution >= 0.6 is 0 Å².